The molecule has 1 aromatic carbocycles. The van der Waals surface area contributed by atoms with Gasteiger partial charge in [0.15, 0.2) is 0 Å². The first kappa shape index (κ1) is 11.7. The zero-order valence-corrected chi connectivity index (χ0v) is 8.27. The van der Waals surface area contributed by atoms with Crippen molar-refractivity contribution in [2.45, 2.75) is 4.90 Å². The predicted molar refractivity (Wildman–Crippen MR) is 52.4 cm³/mol. The maximum Gasteiger partial charge on any atom is 0.488 e. The standard InChI is InChI=1S/C7H7BN2O4S/c9-4-5-1-6(8(11)12)3-7(2-5)15(10,13)14/h1-3,11-12H,(H2,10,13,14). The molecule has 0 saturated heterocycles. The van der Waals surface area contributed by atoms with E-state index in [0.717, 1.165) is 12.1 Å². The van der Waals surface area contributed by atoms with E-state index >= 15 is 0 Å². The van der Waals surface area contributed by atoms with Crippen LogP contribution in [0.2, 0.25) is 0 Å². The molecule has 0 atom stereocenters. The highest BCUT2D eigenvalue weighted by atomic mass is 32.2. The van der Waals surface area contributed by atoms with E-state index in [4.69, 9.17) is 20.4 Å². The molecule has 0 saturated carbocycles. The monoisotopic (exact) mass is 226 g/mol. The number of benzene rings is 1. The largest absolute Gasteiger partial charge is 0.488 e. The van der Waals surface area contributed by atoms with E-state index in [1.165, 1.54) is 6.07 Å². The van der Waals surface area contributed by atoms with Gasteiger partial charge in [-0.1, -0.05) is 0 Å². The molecule has 0 unspecified atom stereocenters. The Hall–Kier alpha value is -1.40. The highest BCUT2D eigenvalue weighted by molar-refractivity contribution is 7.89. The van der Waals surface area contributed by atoms with Gasteiger partial charge in [-0.05, 0) is 23.7 Å². The van der Waals surface area contributed by atoms with E-state index in [0.29, 0.717) is 0 Å². The first-order chi connectivity index (χ1) is 6.84. The summed E-state index contributed by atoms with van der Waals surface area (Å²) in [4.78, 5) is -0.329. The number of hydrogen-bond donors (Lipinski definition) is 3. The van der Waals surface area contributed by atoms with Crippen LogP contribution >= 0.6 is 0 Å². The first-order valence-electron chi connectivity index (χ1n) is 3.78. The van der Waals surface area contributed by atoms with Crippen LogP contribution in [0.1, 0.15) is 5.56 Å². The van der Waals surface area contributed by atoms with Gasteiger partial charge in [-0.25, -0.2) is 13.6 Å². The van der Waals surface area contributed by atoms with Crippen LogP contribution in [-0.2, 0) is 10.0 Å². The lowest BCUT2D eigenvalue weighted by molar-refractivity contribution is 0.425. The van der Waals surface area contributed by atoms with Gasteiger partial charge in [-0.3, -0.25) is 0 Å². The molecule has 0 aromatic heterocycles. The molecule has 0 fully saturated rings. The van der Waals surface area contributed by atoms with Gasteiger partial charge in [0, 0.05) is 0 Å². The van der Waals surface area contributed by atoms with E-state index in [1.807, 2.05) is 0 Å². The summed E-state index contributed by atoms with van der Waals surface area (Å²) in [5, 5.41) is 31.1. The molecule has 0 bridgehead atoms. The lowest BCUT2D eigenvalue weighted by Gasteiger charge is -2.03. The normalized spacial score (nSPS) is 10.8. The Morgan fingerprint density at radius 3 is 2.33 bits per heavy atom. The van der Waals surface area contributed by atoms with Gasteiger partial charge in [0.25, 0.3) is 0 Å². The summed E-state index contributed by atoms with van der Waals surface area (Å²) in [6, 6.07) is 4.92. The third kappa shape index (κ3) is 2.77. The molecule has 8 heteroatoms. The predicted octanol–water partition coefficient (Wildman–Crippen LogP) is -2.11. The van der Waals surface area contributed by atoms with Crippen LogP contribution in [0.4, 0.5) is 0 Å². The van der Waals surface area contributed by atoms with Gasteiger partial charge in [0.2, 0.25) is 10.0 Å². The minimum absolute atomic E-state index is 0.00961. The lowest BCUT2D eigenvalue weighted by atomic mass is 9.80. The van der Waals surface area contributed by atoms with Gasteiger partial charge in [-0.2, -0.15) is 5.26 Å². The first-order valence-corrected chi connectivity index (χ1v) is 5.33. The minimum atomic E-state index is -3.96. The molecule has 0 heterocycles. The second-order valence-corrected chi connectivity index (χ2v) is 4.38. The number of nitrogens with zero attached hydrogens (tertiary/aromatic N) is 1. The molecule has 0 spiro atoms. The van der Waals surface area contributed by atoms with Crippen molar-refractivity contribution in [2.24, 2.45) is 5.14 Å². The highest BCUT2D eigenvalue weighted by Crippen LogP contribution is 2.07. The van der Waals surface area contributed by atoms with Crippen molar-refractivity contribution in [1.29, 1.82) is 5.26 Å². The molecule has 78 valence electrons. The molecule has 1 aromatic rings. The van der Waals surface area contributed by atoms with E-state index in [-0.39, 0.29) is 15.9 Å². The number of sulfonamides is 1. The topological polar surface area (TPSA) is 124 Å². The fraction of sp³-hybridized carbons (Fsp3) is 0. The lowest BCUT2D eigenvalue weighted by Crippen LogP contribution is -2.31. The zero-order valence-electron chi connectivity index (χ0n) is 7.45. The molecule has 15 heavy (non-hydrogen) atoms. The molecular formula is C7H7BN2O4S. The van der Waals surface area contributed by atoms with Crippen molar-refractivity contribution in [3.05, 3.63) is 23.8 Å². The number of hydrogen-bond acceptors (Lipinski definition) is 5. The van der Waals surface area contributed by atoms with Crippen molar-refractivity contribution in [1.82, 2.24) is 0 Å². The number of nitrogens with two attached hydrogens (primary N) is 1. The third-order valence-electron chi connectivity index (χ3n) is 1.68. The smallest absolute Gasteiger partial charge is 0.423 e. The summed E-state index contributed by atoms with van der Waals surface area (Å²) in [6.07, 6.45) is 0. The average molecular weight is 226 g/mol. The Kier molecular flexibility index (Phi) is 3.11. The molecule has 0 radical (unpaired) electrons. The molecule has 0 amide bonds. The SMILES string of the molecule is N#Cc1cc(B(O)O)cc(S(N)(=O)=O)c1. The Morgan fingerprint density at radius 1 is 1.33 bits per heavy atom. The highest BCUT2D eigenvalue weighted by Gasteiger charge is 2.17. The van der Waals surface area contributed by atoms with Gasteiger partial charge < -0.3 is 10.0 Å². The third-order valence-corrected chi connectivity index (χ3v) is 2.58. The van der Waals surface area contributed by atoms with Crippen LogP contribution in [-0.4, -0.2) is 25.6 Å². The molecule has 0 aliphatic rings. The van der Waals surface area contributed by atoms with Crippen LogP contribution in [0.25, 0.3) is 0 Å². The Morgan fingerprint density at radius 2 is 1.93 bits per heavy atom. The summed E-state index contributed by atoms with van der Waals surface area (Å²) in [5.74, 6) is 0. The van der Waals surface area contributed by atoms with E-state index < -0.39 is 17.1 Å². The van der Waals surface area contributed by atoms with Crippen molar-refractivity contribution < 1.29 is 18.5 Å². The maximum absolute atomic E-state index is 11.0. The molecule has 0 aliphatic carbocycles. The quantitative estimate of drug-likeness (QED) is 0.497. The Balaban J connectivity index is 3.45. The van der Waals surface area contributed by atoms with Crippen molar-refractivity contribution in [2.75, 3.05) is 0 Å². The summed E-state index contributed by atoms with van der Waals surface area (Å²) >= 11 is 0. The average Bonchev–Trinajstić information content (AvgIpc) is 2.15. The van der Waals surface area contributed by atoms with Crippen molar-refractivity contribution >= 4 is 22.6 Å². The van der Waals surface area contributed by atoms with Gasteiger partial charge in [0.1, 0.15) is 0 Å². The van der Waals surface area contributed by atoms with Crippen LogP contribution in [0.3, 0.4) is 0 Å². The Labute approximate surface area is 86.8 Å². The van der Waals surface area contributed by atoms with Crippen LogP contribution in [0.5, 0.6) is 0 Å². The van der Waals surface area contributed by atoms with E-state index in [2.05, 4.69) is 0 Å². The molecular weight excluding hydrogens is 219 g/mol. The minimum Gasteiger partial charge on any atom is -0.423 e. The van der Waals surface area contributed by atoms with Gasteiger partial charge >= 0.3 is 7.12 Å². The van der Waals surface area contributed by atoms with Crippen molar-refractivity contribution in [3.8, 4) is 6.07 Å². The van der Waals surface area contributed by atoms with Crippen molar-refractivity contribution in [3.63, 3.8) is 0 Å². The Bertz CT molecular complexity index is 520. The van der Waals surface area contributed by atoms with Crippen LogP contribution in [0, 0.1) is 11.3 Å². The fourth-order valence-corrected chi connectivity index (χ4v) is 1.59. The van der Waals surface area contributed by atoms with Crippen LogP contribution in [0.15, 0.2) is 23.1 Å². The zero-order chi connectivity index (χ0) is 11.6. The molecule has 4 N–H and O–H groups in total. The van der Waals surface area contributed by atoms with Gasteiger partial charge in [0.05, 0.1) is 16.5 Å². The number of primary sulfonamides is 1. The maximum atomic E-state index is 11.0. The fourth-order valence-electron chi connectivity index (χ4n) is 1.000. The molecule has 1 rings (SSSR count). The number of rotatable bonds is 2. The van der Waals surface area contributed by atoms with E-state index in [1.54, 1.807) is 6.07 Å². The summed E-state index contributed by atoms with van der Waals surface area (Å²) < 4.78 is 22.0. The van der Waals surface area contributed by atoms with Gasteiger partial charge in [-0.15, -0.1) is 0 Å². The molecule has 0 aliphatic heterocycles. The second-order valence-electron chi connectivity index (χ2n) is 2.82. The second kappa shape index (κ2) is 4.00. The summed E-state index contributed by atoms with van der Waals surface area (Å²) in [7, 11) is -5.81. The van der Waals surface area contributed by atoms with Crippen LogP contribution < -0.4 is 10.6 Å². The van der Waals surface area contributed by atoms with E-state index in [9.17, 15) is 8.42 Å². The summed E-state index contributed by atoms with van der Waals surface area (Å²) in [5.41, 5.74) is -0.109. The molecule has 6 nitrogen and oxygen atoms in total. The number of nitriles is 1. The summed E-state index contributed by atoms with van der Waals surface area (Å²) in [6.45, 7) is 0.